The molecule has 0 amide bonds. The molecule has 24 heavy (non-hydrogen) atoms. The van der Waals surface area contributed by atoms with Crippen molar-refractivity contribution in [2.45, 2.75) is 37.8 Å². The number of rotatable bonds is 5. The fourth-order valence-electron chi connectivity index (χ4n) is 3.60. The highest BCUT2D eigenvalue weighted by Crippen LogP contribution is 2.35. The predicted molar refractivity (Wildman–Crippen MR) is 90.0 cm³/mol. The minimum absolute atomic E-state index is 0.279. The first-order valence-corrected chi connectivity index (χ1v) is 8.49. The molecule has 3 unspecified atom stereocenters. The summed E-state index contributed by atoms with van der Waals surface area (Å²) in [6, 6.07) is 2.40. The number of nitrogens with one attached hydrogen (secondary N) is 3. The van der Waals surface area contributed by atoms with Gasteiger partial charge in [-0.2, -0.15) is 20.1 Å². The van der Waals surface area contributed by atoms with Crippen LogP contribution in [0.1, 0.15) is 31.0 Å². The summed E-state index contributed by atoms with van der Waals surface area (Å²) in [5.74, 6) is 2.67. The van der Waals surface area contributed by atoms with E-state index in [4.69, 9.17) is 5.73 Å². The van der Waals surface area contributed by atoms with Crippen LogP contribution in [0.3, 0.4) is 0 Å². The maximum absolute atomic E-state index is 5.89. The lowest BCUT2D eigenvalue weighted by Crippen LogP contribution is -2.36. The molecular weight excluding hydrogens is 306 g/mol. The molecule has 9 heteroatoms. The van der Waals surface area contributed by atoms with Crippen LogP contribution in [-0.4, -0.2) is 43.9 Å². The summed E-state index contributed by atoms with van der Waals surface area (Å²) >= 11 is 0. The number of hydrazine groups is 1. The van der Waals surface area contributed by atoms with Crippen LogP contribution in [0.4, 0.5) is 11.9 Å². The first kappa shape index (κ1) is 15.3. The standard InChI is InChI=1S/C15H23N9/c16-14-20-13(10-2-3-11-9-18-23-12(11)8-10)21-15(22-14)17-5-7-24-6-1-4-19-24/h1,4,6,10-12,18,23H,2-3,5,7-9H2,(H3,16,17,20,21,22). The quantitative estimate of drug-likeness (QED) is 0.611. The van der Waals surface area contributed by atoms with Crippen LogP contribution in [0.5, 0.6) is 0 Å². The molecule has 4 rings (SSSR count). The molecule has 3 heterocycles. The molecule has 9 nitrogen and oxygen atoms in total. The molecule has 2 fully saturated rings. The molecule has 1 aliphatic carbocycles. The van der Waals surface area contributed by atoms with Gasteiger partial charge in [-0.25, -0.2) is 0 Å². The Labute approximate surface area is 140 Å². The topological polar surface area (TPSA) is 119 Å². The molecule has 3 atom stereocenters. The summed E-state index contributed by atoms with van der Waals surface area (Å²) < 4.78 is 1.86. The van der Waals surface area contributed by atoms with Crippen molar-refractivity contribution < 1.29 is 0 Å². The molecule has 1 saturated carbocycles. The Morgan fingerprint density at radius 2 is 2.25 bits per heavy atom. The maximum atomic E-state index is 5.89. The Kier molecular flexibility index (Phi) is 4.26. The van der Waals surface area contributed by atoms with Gasteiger partial charge >= 0.3 is 0 Å². The van der Waals surface area contributed by atoms with Crippen LogP contribution in [0.2, 0.25) is 0 Å². The molecule has 0 spiro atoms. The van der Waals surface area contributed by atoms with E-state index in [0.717, 1.165) is 31.8 Å². The van der Waals surface area contributed by atoms with Crippen LogP contribution < -0.4 is 21.9 Å². The number of fused-ring (bicyclic) bond motifs is 1. The Bertz CT molecular complexity index is 672. The number of nitrogens with zero attached hydrogens (tertiary/aromatic N) is 5. The first-order valence-electron chi connectivity index (χ1n) is 8.49. The number of anilines is 2. The van der Waals surface area contributed by atoms with Crippen LogP contribution in [0, 0.1) is 5.92 Å². The minimum Gasteiger partial charge on any atom is -0.368 e. The second-order valence-electron chi connectivity index (χ2n) is 6.47. The highest BCUT2D eigenvalue weighted by atomic mass is 15.4. The van der Waals surface area contributed by atoms with E-state index in [0.29, 0.717) is 30.4 Å². The van der Waals surface area contributed by atoms with E-state index < -0.39 is 0 Å². The number of nitrogens with two attached hydrogens (primary N) is 1. The van der Waals surface area contributed by atoms with Gasteiger partial charge in [-0.1, -0.05) is 0 Å². The van der Waals surface area contributed by atoms with E-state index in [-0.39, 0.29) is 5.95 Å². The van der Waals surface area contributed by atoms with Crippen molar-refractivity contribution in [2.24, 2.45) is 5.92 Å². The minimum atomic E-state index is 0.279. The number of hydrogen-bond acceptors (Lipinski definition) is 8. The van der Waals surface area contributed by atoms with E-state index >= 15 is 0 Å². The molecule has 0 aromatic carbocycles. The molecule has 5 N–H and O–H groups in total. The lowest BCUT2D eigenvalue weighted by Gasteiger charge is -2.29. The lowest BCUT2D eigenvalue weighted by molar-refractivity contribution is 0.296. The lowest BCUT2D eigenvalue weighted by atomic mass is 9.79. The Balaban J connectivity index is 1.41. The Hall–Kier alpha value is -2.26. The molecule has 1 saturated heterocycles. The van der Waals surface area contributed by atoms with Gasteiger partial charge in [-0.3, -0.25) is 15.5 Å². The fourth-order valence-corrected chi connectivity index (χ4v) is 3.60. The van der Waals surface area contributed by atoms with Gasteiger partial charge in [-0.15, -0.1) is 0 Å². The highest BCUT2D eigenvalue weighted by molar-refractivity contribution is 5.31. The third kappa shape index (κ3) is 3.31. The zero-order chi connectivity index (χ0) is 16.4. The summed E-state index contributed by atoms with van der Waals surface area (Å²) in [7, 11) is 0. The molecule has 0 radical (unpaired) electrons. The highest BCUT2D eigenvalue weighted by Gasteiger charge is 2.35. The fraction of sp³-hybridized carbons (Fsp3) is 0.600. The van der Waals surface area contributed by atoms with Gasteiger partial charge in [0.1, 0.15) is 5.82 Å². The Morgan fingerprint density at radius 1 is 1.29 bits per heavy atom. The van der Waals surface area contributed by atoms with Crippen molar-refractivity contribution in [3.8, 4) is 0 Å². The third-order valence-corrected chi connectivity index (χ3v) is 4.86. The third-order valence-electron chi connectivity index (χ3n) is 4.86. The van der Waals surface area contributed by atoms with E-state index in [1.807, 2.05) is 16.9 Å². The molecule has 1 aliphatic heterocycles. The summed E-state index contributed by atoms with van der Waals surface area (Å²) in [4.78, 5) is 13.2. The van der Waals surface area contributed by atoms with E-state index in [1.165, 1.54) is 6.42 Å². The van der Waals surface area contributed by atoms with E-state index in [1.54, 1.807) is 6.20 Å². The smallest absolute Gasteiger partial charge is 0.227 e. The van der Waals surface area contributed by atoms with Crippen LogP contribution >= 0.6 is 0 Å². The van der Waals surface area contributed by atoms with E-state index in [2.05, 4.69) is 36.2 Å². The zero-order valence-electron chi connectivity index (χ0n) is 13.5. The van der Waals surface area contributed by atoms with Crippen molar-refractivity contribution in [1.29, 1.82) is 0 Å². The van der Waals surface area contributed by atoms with Crippen molar-refractivity contribution in [3.63, 3.8) is 0 Å². The molecule has 0 bridgehead atoms. The van der Waals surface area contributed by atoms with Crippen molar-refractivity contribution in [2.75, 3.05) is 24.1 Å². The second kappa shape index (κ2) is 6.70. The normalized spacial score (nSPS) is 26.2. The van der Waals surface area contributed by atoms with E-state index in [9.17, 15) is 0 Å². The molecule has 128 valence electrons. The van der Waals surface area contributed by atoms with Crippen LogP contribution in [0.25, 0.3) is 0 Å². The van der Waals surface area contributed by atoms with Crippen LogP contribution in [0.15, 0.2) is 18.5 Å². The number of nitrogen functional groups attached to an aromatic ring is 1. The molecule has 2 aromatic heterocycles. The Morgan fingerprint density at radius 3 is 3.12 bits per heavy atom. The molecule has 2 aromatic rings. The van der Waals surface area contributed by atoms with Crippen molar-refractivity contribution in [1.82, 2.24) is 35.6 Å². The van der Waals surface area contributed by atoms with Gasteiger partial charge < -0.3 is 11.1 Å². The van der Waals surface area contributed by atoms with Gasteiger partial charge in [0, 0.05) is 37.4 Å². The monoisotopic (exact) mass is 329 g/mol. The average Bonchev–Trinajstić information content (AvgIpc) is 3.25. The molecular formula is C15H23N9. The van der Waals surface area contributed by atoms with Gasteiger partial charge in [0.25, 0.3) is 0 Å². The zero-order valence-corrected chi connectivity index (χ0v) is 13.5. The predicted octanol–water partition coefficient (Wildman–Crippen LogP) is 0.122. The second-order valence-corrected chi connectivity index (χ2v) is 6.47. The summed E-state index contributed by atoms with van der Waals surface area (Å²) in [5.41, 5.74) is 12.5. The average molecular weight is 329 g/mol. The summed E-state index contributed by atoms with van der Waals surface area (Å²) in [6.07, 6.45) is 7.01. The van der Waals surface area contributed by atoms with Crippen molar-refractivity contribution in [3.05, 3.63) is 24.3 Å². The summed E-state index contributed by atoms with van der Waals surface area (Å²) in [5, 5.41) is 7.39. The van der Waals surface area contributed by atoms with Gasteiger partial charge in [-0.05, 0) is 31.2 Å². The number of hydrogen-bond donors (Lipinski definition) is 4. The largest absolute Gasteiger partial charge is 0.368 e. The van der Waals surface area contributed by atoms with Gasteiger partial charge in [0.2, 0.25) is 11.9 Å². The van der Waals surface area contributed by atoms with Crippen molar-refractivity contribution >= 4 is 11.9 Å². The van der Waals surface area contributed by atoms with Crippen LogP contribution in [-0.2, 0) is 6.54 Å². The van der Waals surface area contributed by atoms with Gasteiger partial charge in [0.05, 0.1) is 6.54 Å². The first-order chi connectivity index (χ1) is 11.8. The maximum Gasteiger partial charge on any atom is 0.227 e. The van der Waals surface area contributed by atoms with Gasteiger partial charge in [0.15, 0.2) is 0 Å². The SMILES string of the molecule is Nc1nc(NCCn2cccn2)nc(C2CCC3CNNC3C2)n1. The number of aromatic nitrogens is 5. The summed E-state index contributed by atoms with van der Waals surface area (Å²) in [6.45, 7) is 2.49. The molecule has 2 aliphatic rings.